The second kappa shape index (κ2) is 12.0. The summed E-state index contributed by atoms with van der Waals surface area (Å²) in [7, 11) is 0. The van der Waals surface area contributed by atoms with Crippen molar-refractivity contribution in [2.24, 2.45) is 0 Å². The van der Waals surface area contributed by atoms with E-state index < -0.39 is 5.91 Å². The number of hydrogen-bond donors (Lipinski definition) is 2. The minimum atomic E-state index is -0.489. The van der Waals surface area contributed by atoms with Crippen LogP contribution in [0.3, 0.4) is 0 Å². The Bertz CT molecular complexity index is 1020. The van der Waals surface area contributed by atoms with Crippen molar-refractivity contribution >= 4 is 11.8 Å². The summed E-state index contributed by atoms with van der Waals surface area (Å²) in [5, 5.41) is 8.80. The molecule has 2 aliphatic heterocycles. The number of rotatable bonds is 7. The van der Waals surface area contributed by atoms with Gasteiger partial charge < -0.3 is 4.90 Å². The van der Waals surface area contributed by atoms with Crippen molar-refractivity contribution in [3.05, 3.63) is 70.8 Å². The predicted molar refractivity (Wildman–Crippen MR) is 139 cm³/mol. The Labute approximate surface area is 214 Å². The maximum atomic E-state index is 11.6. The molecule has 2 N–H and O–H groups in total. The first kappa shape index (κ1) is 26.3. The molecule has 194 valence electrons. The van der Waals surface area contributed by atoms with Crippen molar-refractivity contribution < 1.29 is 14.8 Å². The van der Waals surface area contributed by atoms with Crippen LogP contribution in [0, 0.1) is 0 Å². The topological polar surface area (TPSA) is 79.4 Å². The van der Waals surface area contributed by atoms with Gasteiger partial charge in [0, 0.05) is 83.5 Å². The summed E-state index contributed by atoms with van der Waals surface area (Å²) in [6.07, 6.45) is 0. The highest BCUT2D eigenvalue weighted by Gasteiger charge is 2.29. The largest absolute Gasteiger partial charge is 0.340 e. The Hall–Kier alpha value is -2.78. The molecule has 2 amide bonds. The van der Waals surface area contributed by atoms with Crippen LogP contribution < -0.4 is 5.48 Å². The lowest BCUT2D eigenvalue weighted by molar-refractivity contribution is -0.130. The maximum absolute atomic E-state index is 11.6. The summed E-state index contributed by atoms with van der Waals surface area (Å²) in [5.41, 5.74) is 5.97. The van der Waals surface area contributed by atoms with E-state index in [2.05, 4.69) is 52.8 Å². The number of benzene rings is 2. The molecule has 8 heteroatoms. The Morgan fingerprint density at radius 2 is 1.42 bits per heavy atom. The lowest BCUT2D eigenvalue weighted by Gasteiger charge is -2.44. The number of nitrogens with one attached hydrogen (secondary N) is 1. The molecule has 0 unspecified atom stereocenters. The zero-order valence-electron chi connectivity index (χ0n) is 21.7. The molecule has 0 aromatic heterocycles. The van der Waals surface area contributed by atoms with Crippen LogP contribution >= 0.6 is 0 Å². The van der Waals surface area contributed by atoms with Crippen LogP contribution in [0.25, 0.3) is 0 Å². The zero-order chi connectivity index (χ0) is 25.7. The van der Waals surface area contributed by atoms with Crippen LogP contribution in [-0.4, -0.2) is 88.0 Å². The number of carbonyl (C=O) groups is 2. The van der Waals surface area contributed by atoms with E-state index in [1.165, 1.54) is 11.1 Å². The Balaban J connectivity index is 1.30. The molecule has 0 saturated carbocycles. The van der Waals surface area contributed by atoms with E-state index in [1.54, 1.807) is 24.5 Å². The smallest absolute Gasteiger partial charge is 0.274 e. The van der Waals surface area contributed by atoms with Crippen molar-refractivity contribution in [1.82, 2.24) is 25.1 Å². The van der Waals surface area contributed by atoms with Crippen LogP contribution in [0.2, 0.25) is 0 Å². The summed E-state index contributed by atoms with van der Waals surface area (Å²) < 4.78 is 0. The summed E-state index contributed by atoms with van der Waals surface area (Å²) in [4.78, 5) is 32.6. The number of amides is 2. The second-order valence-electron chi connectivity index (χ2n) is 10.3. The minimum Gasteiger partial charge on any atom is -0.340 e. The van der Waals surface area contributed by atoms with Crippen LogP contribution in [0.5, 0.6) is 0 Å². The molecule has 2 fully saturated rings. The zero-order valence-corrected chi connectivity index (χ0v) is 21.7. The molecule has 36 heavy (non-hydrogen) atoms. The molecule has 0 bridgehead atoms. The standard InChI is InChI=1S/C28H39N5O3/c1-21-16-31(18-24-7-9-27(10-8-24)28(35)29-36)17-22(2)33(21)20-26-6-4-5-25(15-26)19-30-11-13-32(14-12-30)23(3)34/h4-10,15,21-22,36H,11-14,16-20H2,1-3H3,(H,29,35)/t21-,22+. The Kier molecular flexibility index (Phi) is 8.74. The molecule has 2 aromatic carbocycles. The fourth-order valence-corrected chi connectivity index (χ4v) is 5.51. The van der Waals surface area contributed by atoms with Crippen LogP contribution in [-0.2, 0) is 24.4 Å². The lowest BCUT2D eigenvalue weighted by Crippen LogP contribution is -2.55. The number of hydroxylamine groups is 1. The summed E-state index contributed by atoms with van der Waals surface area (Å²) in [5.74, 6) is -0.318. The van der Waals surface area contributed by atoms with Crippen LogP contribution in [0.4, 0.5) is 0 Å². The lowest BCUT2D eigenvalue weighted by atomic mass is 10.0. The van der Waals surface area contributed by atoms with E-state index >= 15 is 0 Å². The average Bonchev–Trinajstić information content (AvgIpc) is 2.87. The number of piperazine rings is 2. The van der Waals surface area contributed by atoms with Gasteiger partial charge in [0.25, 0.3) is 5.91 Å². The van der Waals surface area contributed by atoms with Gasteiger partial charge in [-0.2, -0.15) is 0 Å². The van der Waals surface area contributed by atoms with E-state index in [0.717, 1.165) is 64.5 Å². The normalized spacial score (nSPS) is 21.9. The monoisotopic (exact) mass is 493 g/mol. The SMILES string of the molecule is CC(=O)N1CCN(Cc2cccc(CN3[C@H](C)CN(Cc4ccc(C(=O)NO)cc4)C[C@@H]3C)c2)CC1. The fourth-order valence-electron chi connectivity index (χ4n) is 5.51. The molecule has 4 rings (SSSR count). The van der Waals surface area contributed by atoms with Gasteiger partial charge >= 0.3 is 0 Å². The van der Waals surface area contributed by atoms with E-state index in [1.807, 2.05) is 17.0 Å². The van der Waals surface area contributed by atoms with Crippen LogP contribution in [0.1, 0.15) is 47.8 Å². The highest BCUT2D eigenvalue weighted by atomic mass is 16.5. The van der Waals surface area contributed by atoms with Gasteiger partial charge in [-0.15, -0.1) is 0 Å². The quantitative estimate of drug-likeness (QED) is 0.456. The molecule has 8 nitrogen and oxygen atoms in total. The van der Waals surface area contributed by atoms with Gasteiger partial charge in [-0.3, -0.25) is 29.5 Å². The highest BCUT2D eigenvalue weighted by Crippen LogP contribution is 2.22. The molecule has 2 atom stereocenters. The van der Waals surface area contributed by atoms with Crippen molar-refractivity contribution in [1.29, 1.82) is 0 Å². The van der Waals surface area contributed by atoms with Crippen LogP contribution in [0.15, 0.2) is 48.5 Å². The number of hydrogen-bond acceptors (Lipinski definition) is 6. The van der Waals surface area contributed by atoms with Gasteiger partial charge in [-0.1, -0.05) is 36.4 Å². The van der Waals surface area contributed by atoms with Crippen molar-refractivity contribution in [3.63, 3.8) is 0 Å². The average molecular weight is 494 g/mol. The van der Waals surface area contributed by atoms with E-state index in [9.17, 15) is 9.59 Å². The minimum absolute atomic E-state index is 0.171. The molecule has 0 radical (unpaired) electrons. The first-order valence-corrected chi connectivity index (χ1v) is 12.9. The van der Waals surface area contributed by atoms with Gasteiger partial charge in [-0.05, 0) is 42.7 Å². The predicted octanol–water partition coefficient (Wildman–Crippen LogP) is 2.56. The van der Waals surface area contributed by atoms with E-state index in [4.69, 9.17) is 5.21 Å². The molecule has 0 aliphatic carbocycles. The summed E-state index contributed by atoms with van der Waals surface area (Å²) in [6, 6.07) is 17.2. The number of carbonyl (C=O) groups excluding carboxylic acids is 2. The summed E-state index contributed by atoms with van der Waals surface area (Å²) in [6.45, 7) is 14.4. The third kappa shape index (κ3) is 6.70. The third-order valence-electron chi connectivity index (χ3n) is 7.48. The van der Waals surface area contributed by atoms with Crippen molar-refractivity contribution in [2.75, 3.05) is 39.3 Å². The maximum Gasteiger partial charge on any atom is 0.274 e. The molecule has 0 spiro atoms. The third-order valence-corrected chi connectivity index (χ3v) is 7.48. The molecule has 2 heterocycles. The first-order chi connectivity index (χ1) is 17.3. The molecular formula is C28H39N5O3. The van der Waals surface area contributed by atoms with Gasteiger partial charge in [0.1, 0.15) is 0 Å². The molecule has 2 aromatic rings. The number of nitrogens with zero attached hydrogens (tertiary/aromatic N) is 4. The van der Waals surface area contributed by atoms with Crippen molar-refractivity contribution in [3.8, 4) is 0 Å². The molecular weight excluding hydrogens is 454 g/mol. The highest BCUT2D eigenvalue weighted by molar-refractivity contribution is 5.93. The molecule has 2 saturated heterocycles. The van der Waals surface area contributed by atoms with Crippen molar-refractivity contribution in [2.45, 2.75) is 52.5 Å². The summed E-state index contributed by atoms with van der Waals surface area (Å²) >= 11 is 0. The van der Waals surface area contributed by atoms with E-state index in [-0.39, 0.29) is 5.91 Å². The van der Waals surface area contributed by atoms with Gasteiger partial charge in [-0.25, -0.2) is 5.48 Å². The van der Waals surface area contributed by atoms with E-state index in [0.29, 0.717) is 17.6 Å². The Morgan fingerprint density at radius 1 is 0.833 bits per heavy atom. The van der Waals surface area contributed by atoms with Gasteiger partial charge in [0.15, 0.2) is 0 Å². The van der Waals surface area contributed by atoms with Gasteiger partial charge in [0.05, 0.1) is 0 Å². The first-order valence-electron chi connectivity index (χ1n) is 12.9. The second-order valence-corrected chi connectivity index (χ2v) is 10.3. The fraction of sp³-hybridized carbons (Fsp3) is 0.500. The Morgan fingerprint density at radius 3 is 2.00 bits per heavy atom. The molecule has 2 aliphatic rings. The van der Waals surface area contributed by atoms with Gasteiger partial charge in [0.2, 0.25) is 5.91 Å².